The Morgan fingerprint density at radius 2 is 1.66 bits per heavy atom. The van der Waals surface area contributed by atoms with Crippen LogP contribution < -0.4 is 4.74 Å². The van der Waals surface area contributed by atoms with Crippen LogP contribution in [0.5, 0.6) is 11.6 Å². The zero-order chi connectivity index (χ0) is 22.9. The number of aromatic nitrogens is 2. The smallest absolute Gasteiger partial charge is 0.222 e. The van der Waals surface area contributed by atoms with Crippen molar-refractivity contribution in [1.29, 1.82) is 0 Å². The monoisotopic (exact) mass is 437 g/mol. The predicted octanol–water partition coefficient (Wildman–Crippen LogP) is 4.73. The summed E-state index contributed by atoms with van der Waals surface area (Å²) < 4.78 is 13.5. The van der Waals surface area contributed by atoms with Gasteiger partial charge in [0.05, 0.1) is 18.3 Å². The summed E-state index contributed by atoms with van der Waals surface area (Å²) in [5.41, 5.74) is 2.94. The van der Waals surface area contributed by atoms with Crippen LogP contribution in [-0.4, -0.2) is 52.2 Å². The lowest BCUT2D eigenvalue weighted by Gasteiger charge is -2.27. The zero-order valence-corrected chi connectivity index (χ0v) is 19.6. The van der Waals surface area contributed by atoms with E-state index in [1.54, 1.807) is 4.68 Å². The van der Waals surface area contributed by atoms with Crippen molar-refractivity contribution in [1.82, 2.24) is 14.7 Å². The molecule has 0 aliphatic heterocycles. The minimum atomic E-state index is -0.552. The molecule has 3 aromatic rings. The van der Waals surface area contributed by atoms with Gasteiger partial charge in [0.15, 0.2) is 0 Å². The average molecular weight is 438 g/mol. The van der Waals surface area contributed by atoms with E-state index in [1.807, 2.05) is 62.5 Å². The van der Waals surface area contributed by atoms with Gasteiger partial charge < -0.3 is 14.6 Å². The third kappa shape index (κ3) is 6.66. The first-order valence-electron chi connectivity index (χ1n) is 11.3. The van der Waals surface area contributed by atoms with Crippen molar-refractivity contribution in [3.8, 4) is 22.9 Å². The number of benzene rings is 2. The summed E-state index contributed by atoms with van der Waals surface area (Å²) in [6, 6.07) is 19.9. The standard InChI is InChI=1S/C26H35N3O3/c1-5-31-19-22(30)17-29(16-20(2)3)18-24-25(21-12-8-6-9-13-21)27-28(4)26(24)32-23-14-10-7-11-15-23/h6-15,20,22,30H,5,16-19H2,1-4H3/t22-/m1/s1. The molecule has 6 heteroatoms. The van der Waals surface area contributed by atoms with Crippen molar-refractivity contribution in [3.05, 3.63) is 66.2 Å². The second-order valence-corrected chi connectivity index (χ2v) is 8.44. The number of para-hydroxylation sites is 1. The molecule has 1 atom stereocenters. The van der Waals surface area contributed by atoms with Gasteiger partial charge in [0.1, 0.15) is 11.4 Å². The first-order chi connectivity index (χ1) is 15.5. The van der Waals surface area contributed by atoms with E-state index in [4.69, 9.17) is 14.6 Å². The van der Waals surface area contributed by atoms with Gasteiger partial charge in [0.25, 0.3) is 0 Å². The molecule has 172 valence electrons. The number of aliphatic hydroxyl groups excluding tert-OH is 1. The van der Waals surface area contributed by atoms with Gasteiger partial charge in [-0.1, -0.05) is 62.4 Å². The lowest BCUT2D eigenvalue weighted by molar-refractivity contribution is 0.0174. The van der Waals surface area contributed by atoms with Crippen molar-refractivity contribution in [2.45, 2.75) is 33.4 Å². The van der Waals surface area contributed by atoms with Crippen LogP contribution in [-0.2, 0) is 18.3 Å². The van der Waals surface area contributed by atoms with Crippen molar-refractivity contribution in [2.24, 2.45) is 13.0 Å². The predicted molar refractivity (Wildman–Crippen MR) is 128 cm³/mol. The summed E-state index contributed by atoms with van der Waals surface area (Å²) in [5, 5.41) is 15.3. The van der Waals surface area contributed by atoms with Gasteiger partial charge in [-0.25, -0.2) is 4.68 Å². The Labute approximate surface area is 191 Å². The van der Waals surface area contributed by atoms with Crippen LogP contribution in [0.3, 0.4) is 0 Å². The van der Waals surface area contributed by atoms with E-state index in [1.165, 1.54) is 0 Å². The second kappa shape index (κ2) is 11.8. The fourth-order valence-electron chi connectivity index (χ4n) is 3.80. The Balaban J connectivity index is 1.96. The van der Waals surface area contributed by atoms with E-state index in [9.17, 15) is 5.11 Å². The van der Waals surface area contributed by atoms with E-state index in [0.29, 0.717) is 38.1 Å². The molecule has 0 unspecified atom stereocenters. The van der Waals surface area contributed by atoms with Crippen LogP contribution in [0.1, 0.15) is 26.3 Å². The normalized spacial score (nSPS) is 12.5. The van der Waals surface area contributed by atoms with E-state index < -0.39 is 6.10 Å². The van der Waals surface area contributed by atoms with Gasteiger partial charge in [-0.3, -0.25) is 4.90 Å². The molecular weight excluding hydrogens is 402 g/mol. The van der Waals surface area contributed by atoms with E-state index in [2.05, 4.69) is 30.9 Å². The molecule has 0 bridgehead atoms. The Morgan fingerprint density at radius 1 is 1.00 bits per heavy atom. The maximum absolute atomic E-state index is 10.5. The molecule has 0 saturated heterocycles. The number of hydrogen-bond acceptors (Lipinski definition) is 5. The highest BCUT2D eigenvalue weighted by Gasteiger charge is 2.23. The molecule has 1 aromatic heterocycles. The number of aliphatic hydroxyl groups is 1. The quantitative estimate of drug-likeness (QED) is 0.444. The van der Waals surface area contributed by atoms with Gasteiger partial charge in [0.2, 0.25) is 5.88 Å². The topological polar surface area (TPSA) is 59.8 Å². The minimum Gasteiger partial charge on any atom is -0.439 e. The summed E-state index contributed by atoms with van der Waals surface area (Å²) >= 11 is 0. The van der Waals surface area contributed by atoms with E-state index >= 15 is 0 Å². The van der Waals surface area contributed by atoms with Gasteiger partial charge in [-0.2, -0.15) is 5.10 Å². The first-order valence-corrected chi connectivity index (χ1v) is 11.3. The van der Waals surface area contributed by atoms with Gasteiger partial charge >= 0.3 is 0 Å². The molecule has 0 fully saturated rings. The summed E-state index contributed by atoms with van der Waals surface area (Å²) in [5.74, 6) is 1.93. The molecule has 0 saturated carbocycles. The molecule has 3 rings (SSSR count). The third-order valence-corrected chi connectivity index (χ3v) is 5.08. The van der Waals surface area contributed by atoms with Crippen LogP contribution in [0.4, 0.5) is 0 Å². The van der Waals surface area contributed by atoms with Crippen molar-refractivity contribution < 1.29 is 14.6 Å². The van der Waals surface area contributed by atoms with Gasteiger partial charge in [0, 0.05) is 38.9 Å². The Hall–Kier alpha value is -2.67. The SMILES string of the molecule is CCOC[C@H](O)CN(Cc1c(-c2ccccc2)nn(C)c1Oc1ccccc1)CC(C)C. The third-order valence-electron chi connectivity index (χ3n) is 5.08. The van der Waals surface area contributed by atoms with Crippen LogP contribution in [0, 0.1) is 5.92 Å². The maximum atomic E-state index is 10.5. The fraction of sp³-hybridized carbons (Fsp3) is 0.423. The summed E-state index contributed by atoms with van der Waals surface area (Å²) in [4.78, 5) is 2.26. The molecule has 0 radical (unpaired) electrons. The minimum absolute atomic E-state index is 0.330. The highest BCUT2D eigenvalue weighted by molar-refractivity contribution is 5.65. The molecule has 0 aliphatic rings. The van der Waals surface area contributed by atoms with Crippen molar-refractivity contribution >= 4 is 0 Å². The fourth-order valence-corrected chi connectivity index (χ4v) is 3.80. The number of aryl methyl sites for hydroxylation is 1. The lowest BCUT2D eigenvalue weighted by Crippen LogP contribution is -2.37. The second-order valence-electron chi connectivity index (χ2n) is 8.44. The van der Waals surface area contributed by atoms with Crippen molar-refractivity contribution in [3.63, 3.8) is 0 Å². The van der Waals surface area contributed by atoms with Gasteiger partial charge in [-0.05, 0) is 25.0 Å². The summed E-state index contributed by atoms with van der Waals surface area (Å²) in [6.07, 6.45) is -0.552. The highest BCUT2D eigenvalue weighted by Crippen LogP contribution is 2.34. The van der Waals surface area contributed by atoms with Crippen molar-refractivity contribution in [2.75, 3.05) is 26.3 Å². The molecule has 1 N–H and O–H groups in total. The Morgan fingerprint density at radius 3 is 2.28 bits per heavy atom. The number of hydrogen-bond donors (Lipinski definition) is 1. The maximum Gasteiger partial charge on any atom is 0.222 e. The first kappa shape index (κ1) is 24.0. The molecular formula is C26H35N3O3. The number of ether oxygens (including phenoxy) is 2. The number of nitrogens with zero attached hydrogens (tertiary/aromatic N) is 3. The highest BCUT2D eigenvalue weighted by atomic mass is 16.5. The summed E-state index contributed by atoms with van der Waals surface area (Å²) in [7, 11) is 1.91. The van der Waals surface area contributed by atoms with E-state index in [0.717, 1.165) is 29.1 Å². The number of rotatable bonds is 12. The van der Waals surface area contributed by atoms with Gasteiger partial charge in [-0.15, -0.1) is 0 Å². The molecule has 32 heavy (non-hydrogen) atoms. The zero-order valence-electron chi connectivity index (χ0n) is 19.6. The van der Waals surface area contributed by atoms with Crippen LogP contribution in [0.15, 0.2) is 60.7 Å². The van der Waals surface area contributed by atoms with Crippen LogP contribution in [0.25, 0.3) is 11.3 Å². The molecule has 0 spiro atoms. The molecule has 0 aliphatic carbocycles. The molecule has 6 nitrogen and oxygen atoms in total. The lowest BCUT2D eigenvalue weighted by atomic mass is 10.1. The van der Waals surface area contributed by atoms with Crippen LogP contribution in [0.2, 0.25) is 0 Å². The average Bonchev–Trinajstić information content (AvgIpc) is 3.08. The molecule has 1 heterocycles. The molecule has 0 amide bonds. The Kier molecular flexibility index (Phi) is 8.85. The Bertz CT molecular complexity index is 942. The largest absolute Gasteiger partial charge is 0.439 e. The summed E-state index contributed by atoms with van der Waals surface area (Å²) in [6.45, 7) is 9.21. The van der Waals surface area contributed by atoms with Crippen LogP contribution >= 0.6 is 0 Å². The van der Waals surface area contributed by atoms with E-state index in [-0.39, 0.29) is 0 Å². The molecule has 2 aromatic carbocycles.